The molecule has 242 valence electrons. The second kappa shape index (κ2) is 11.3. The first-order valence-electron chi connectivity index (χ1n) is 14.7. The number of nitrogens with one attached hydrogen (secondary N) is 2. The molecule has 0 heterocycles. The SMILES string of the molecule is CN(C)C1C(=O)C(C(N)=O)=C(O)[C@]2(O)C(=O)C3=C(O)c4c(O)ccc(-c5ccc(NC(=O)Nc6ccc(O)cc6)cc5)c4C[C@@H]3C[C@H]12. The third-order valence-electron chi connectivity index (χ3n) is 9.18. The topological polar surface area (TPSA) is 223 Å². The van der Waals surface area contributed by atoms with Crippen LogP contribution in [0.3, 0.4) is 0 Å². The van der Waals surface area contributed by atoms with Crippen LogP contribution < -0.4 is 16.4 Å². The molecule has 0 saturated heterocycles. The number of phenols is 2. The summed E-state index contributed by atoms with van der Waals surface area (Å²) < 4.78 is 0. The van der Waals surface area contributed by atoms with Gasteiger partial charge in [0.15, 0.2) is 11.4 Å². The number of amides is 3. The Labute approximate surface area is 268 Å². The summed E-state index contributed by atoms with van der Waals surface area (Å²) in [7, 11) is 3.08. The number of benzene rings is 3. The van der Waals surface area contributed by atoms with E-state index in [9.17, 15) is 44.7 Å². The number of aliphatic hydroxyl groups excluding tert-OH is 2. The van der Waals surface area contributed by atoms with E-state index in [-0.39, 0.29) is 35.5 Å². The monoisotopic (exact) mass is 640 g/mol. The van der Waals surface area contributed by atoms with E-state index in [0.29, 0.717) is 28.1 Å². The number of carbonyl (C=O) groups is 4. The number of likely N-dealkylation sites (N-methyl/N-ethyl adjacent to an activating group) is 1. The molecule has 13 nitrogen and oxygen atoms in total. The molecular weight excluding hydrogens is 608 g/mol. The van der Waals surface area contributed by atoms with Crippen LogP contribution in [0, 0.1) is 11.8 Å². The Morgan fingerprint density at radius 2 is 1.49 bits per heavy atom. The van der Waals surface area contributed by atoms with Crippen LogP contribution in [0.1, 0.15) is 17.5 Å². The molecule has 1 unspecified atom stereocenters. The third kappa shape index (κ3) is 4.96. The van der Waals surface area contributed by atoms with Crippen LogP contribution in [-0.2, 0) is 20.8 Å². The van der Waals surface area contributed by atoms with E-state index in [1.54, 1.807) is 56.6 Å². The van der Waals surface area contributed by atoms with E-state index in [1.807, 2.05) is 0 Å². The van der Waals surface area contributed by atoms with Gasteiger partial charge in [-0.1, -0.05) is 18.2 Å². The standard InChI is InChI=1S/C34H32N4O9/c1-38(2)27-22-14-16-13-21-20(15-3-5-17(6-4-15)36-33(46)37-18-7-9-19(39)10-8-18)11-12-23(40)25(21)28(41)24(16)30(43)34(22,47)31(44)26(29(27)42)32(35)45/h3-12,16,22,27,39-41,44,47H,13-14H2,1-2H3,(H2,35,45)(H2,36,37,46)/t16-,22-,27?,34-/m1/s1. The first kappa shape index (κ1) is 31.3. The van der Waals surface area contributed by atoms with Crippen molar-refractivity contribution in [1.82, 2.24) is 4.90 Å². The van der Waals surface area contributed by atoms with Gasteiger partial charge in [-0.3, -0.25) is 19.3 Å². The Hall–Kier alpha value is -5.66. The number of primary amides is 1. The summed E-state index contributed by atoms with van der Waals surface area (Å²) in [6.07, 6.45) is 0.104. The lowest BCUT2D eigenvalue weighted by Gasteiger charge is -2.50. The lowest BCUT2D eigenvalue weighted by atomic mass is 9.57. The summed E-state index contributed by atoms with van der Waals surface area (Å²) in [4.78, 5) is 53.4. The van der Waals surface area contributed by atoms with Gasteiger partial charge in [0.25, 0.3) is 5.91 Å². The highest BCUT2D eigenvalue weighted by atomic mass is 16.3. The summed E-state index contributed by atoms with van der Waals surface area (Å²) in [5, 5.41) is 59.9. The number of hydrogen-bond acceptors (Lipinski definition) is 10. The molecule has 3 aromatic rings. The van der Waals surface area contributed by atoms with Crippen LogP contribution in [0.25, 0.3) is 16.9 Å². The second-order valence-corrected chi connectivity index (χ2v) is 12.2. The molecule has 9 N–H and O–H groups in total. The molecule has 0 bridgehead atoms. The molecule has 6 rings (SSSR count). The number of nitrogens with zero attached hydrogens (tertiary/aromatic N) is 1. The highest BCUT2D eigenvalue weighted by molar-refractivity contribution is 6.24. The first-order valence-corrected chi connectivity index (χ1v) is 14.7. The number of ketones is 2. The minimum Gasteiger partial charge on any atom is -0.508 e. The van der Waals surface area contributed by atoms with E-state index in [0.717, 1.165) is 0 Å². The Morgan fingerprint density at radius 1 is 0.894 bits per heavy atom. The van der Waals surface area contributed by atoms with Gasteiger partial charge in [0.05, 0.1) is 11.6 Å². The van der Waals surface area contributed by atoms with E-state index in [4.69, 9.17) is 5.73 Å². The molecule has 1 fully saturated rings. The van der Waals surface area contributed by atoms with E-state index in [1.165, 1.54) is 23.1 Å². The van der Waals surface area contributed by atoms with E-state index < -0.39 is 64.1 Å². The molecule has 0 radical (unpaired) electrons. The zero-order chi connectivity index (χ0) is 33.9. The van der Waals surface area contributed by atoms with Gasteiger partial charge < -0.3 is 41.9 Å². The van der Waals surface area contributed by atoms with Gasteiger partial charge in [0, 0.05) is 22.9 Å². The number of carbonyl (C=O) groups excluding carboxylic acids is 4. The van der Waals surface area contributed by atoms with Gasteiger partial charge in [-0.2, -0.15) is 0 Å². The average Bonchev–Trinajstić information content (AvgIpc) is 3.00. The van der Waals surface area contributed by atoms with Gasteiger partial charge in [-0.15, -0.1) is 0 Å². The molecule has 3 aliphatic carbocycles. The Kier molecular flexibility index (Phi) is 7.53. The summed E-state index contributed by atoms with van der Waals surface area (Å²) >= 11 is 0. The maximum Gasteiger partial charge on any atom is 0.323 e. The van der Waals surface area contributed by atoms with Crippen molar-refractivity contribution in [3.63, 3.8) is 0 Å². The summed E-state index contributed by atoms with van der Waals surface area (Å²) in [6, 6.07) is 14.1. The highest BCUT2D eigenvalue weighted by Gasteiger charge is 2.64. The van der Waals surface area contributed by atoms with Gasteiger partial charge in [0.2, 0.25) is 5.78 Å². The predicted molar refractivity (Wildman–Crippen MR) is 170 cm³/mol. The number of aliphatic hydroxyl groups is 3. The zero-order valence-corrected chi connectivity index (χ0v) is 25.3. The fourth-order valence-electron chi connectivity index (χ4n) is 7.09. The number of anilines is 2. The number of nitrogens with two attached hydrogens (primary N) is 1. The summed E-state index contributed by atoms with van der Waals surface area (Å²) in [5.74, 6) is -7.07. The average molecular weight is 641 g/mol. The van der Waals surface area contributed by atoms with E-state index >= 15 is 0 Å². The number of aromatic hydroxyl groups is 2. The molecule has 3 amide bonds. The molecule has 47 heavy (non-hydrogen) atoms. The van der Waals surface area contributed by atoms with Gasteiger partial charge in [-0.25, -0.2) is 4.79 Å². The fraction of sp³-hybridized carbons (Fsp3) is 0.235. The van der Waals surface area contributed by atoms with Gasteiger partial charge in [0.1, 0.15) is 28.6 Å². The van der Waals surface area contributed by atoms with Crippen molar-refractivity contribution in [3.05, 3.63) is 88.7 Å². The lowest BCUT2D eigenvalue weighted by molar-refractivity contribution is -0.153. The molecule has 0 spiro atoms. The van der Waals surface area contributed by atoms with Crippen LogP contribution in [0.15, 0.2) is 77.6 Å². The van der Waals surface area contributed by atoms with Crippen molar-refractivity contribution in [2.75, 3.05) is 24.7 Å². The molecule has 3 aliphatic rings. The Bertz CT molecular complexity index is 1910. The maximum absolute atomic E-state index is 14.0. The first-order chi connectivity index (χ1) is 22.2. The number of Topliss-reactive ketones (excluding diaryl/α,β-unsaturated/α-hetero) is 2. The fourth-order valence-corrected chi connectivity index (χ4v) is 7.09. The smallest absolute Gasteiger partial charge is 0.323 e. The molecule has 13 heteroatoms. The van der Waals surface area contributed by atoms with Crippen LogP contribution in [0.4, 0.5) is 16.2 Å². The van der Waals surface area contributed by atoms with Crippen molar-refractivity contribution < 1.29 is 44.7 Å². The second-order valence-electron chi connectivity index (χ2n) is 12.2. The number of rotatable bonds is 5. The Balaban J connectivity index is 1.36. The van der Waals surface area contributed by atoms with E-state index in [2.05, 4.69) is 10.6 Å². The van der Waals surface area contributed by atoms with Gasteiger partial charge in [-0.05, 0) is 92.0 Å². The molecule has 3 aromatic carbocycles. The molecule has 1 saturated carbocycles. The molecular formula is C34H32N4O9. The number of hydrogen-bond donors (Lipinski definition) is 8. The normalized spacial score (nSPS) is 23.6. The Morgan fingerprint density at radius 3 is 2.06 bits per heavy atom. The van der Waals surface area contributed by atoms with Crippen LogP contribution in [0.5, 0.6) is 11.5 Å². The number of urea groups is 1. The molecule has 0 aliphatic heterocycles. The predicted octanol–water partition coefficient (Wildman–Crippen LogP) is 2.98. The largest absolute Gasteiger partial charge is 0.508 e. The van der Waals surface area contributed by atoms with Crippen molar-refractivity contribution in [2.24, 2.45) is 17.6 Å². The summed E-state index contributed by atoms with van der Waals surface area (Å²) in [5.41, 5.74) is 4.31. The maximum atomic E-state index is 14.0. The minimum atomic E-state index is -2.71. The molecule has 0 aromatic heterocycles. The van der Waals surface area contributed by atoms with Crippen molar-refractivity contribution in [3.8, 4) is 22.6 Å². The third-order valence-corrected chi connectivity index (χ3v) is 9.18. The van der Waals surface area contributed by atoms with Crippen molar-refractivity contribution in [1.29, 1.82) is 0 Å². The van der Waals surface area contributed by atoms with Crippen molar-refractivity contribution in [2.45, 2.75) is 24.5 Å². The zero-order valence-electron chi connectivity index (χ0n) is 25.3. The quantitative estimate of drug-likeness (QED) is 0.150. The van der Waals surface area contributed by atoms with Crippen molar-refractivity contribution >= 4 is 40.6 Å². The van der Waals surface area contributed by atoms with Gasteiger partial charge >= 0.3 is 6.03 Å². The lowest BCUT2D eigenvalue weighted by Crippen LogP contribution is -2.65. The van der Waals surface area contributed by atoms with Crippen LogP contribution >= 0.6 is 0 Å². The minimum absolute atomic E-state index is 0.0192. The highest BCUT2D eigenvalue weighted by Crippen LogP contribution is 2.53. The summed E-state index contributed by atoms with van der Waals surface area (Å²) in [6.45, 7) is 0. The number of fused-ring (bicyclic) bond motifs is 3. The molecule has 4 atom stereocenters. The van der Waals surface area contributed by atoms with Crippen LogP contribution in [0.2, 0.25) is 0 Å². The number of phenolic OH excluding ortho intramolecular Hbond substituents is 2. The van der Waals surface area contributed by atoms with Crippen LogP contribution in [-0.4, -0.2) is 79.7 Å².